The van der Waals surface area contributed by atoms with Gasteiger partial charge in [-0.3, -0.25) is 0 Å². The van der Waals surface area contributed by atoms with Crippen molar-refractivity contribution in [3.05, 3.63) is 241 Å². The lowest BCUT2D eigenvalue weighted by Gasteiger charge is -2.35. The van der Waals surface area contributed by atoms with Crippen LogP contribution in [0.1, 0.15) is 22.3 Å². The Labute approximate surface area is 359 Å². The molecule has 1 spiro atoms. The lowest BCUT2D eigenvalue weighted by Crippen LogP contribution is -2.29. The third-order valence-corrected chi connectivity index (χ3v) is 13.1. The molecule has 62 heavy (non-hydrogen) atoms. The van der Waals surface area contributed by atoms with Gasteiger partial charge in [-0.15, -0.1) is 0 Å². The molecular weight excluding hydrogens is 753 g/mol. The number of para-hydroxylation sites is 1. The van der Waals surface area contributed by atoms with E-state index in [1.54, 1.807) is 0 Å². The number of rotatable bonds is 4. The highest BCUT2D eigenvalue weighted by molar-refractivity contribution is 6.06. The molecular formula is C59H36N2O. The first-order chi connectivity index (χ1) is 30.7. The van der Waals surface area contributed by atoms with E-state index in [1.807, 2.05) is 18.2 Å². The Balaban J connectivity index is 1.09. The summed E-state index contributed by atoms with van der Waals surface area (Å²) in [5.74, 6) is 0.659. The molecule has 0 bridgehead atoms. The van der Waals surface area contributed by atoms with Gasteiger partial charge in [0.2, 0.25) is 0 Å². The molecule has 2 heterocycles. The maximum Gasteiger partial charge on any atom is 0.160 e. The molecule has 0 fully saturated rings. The zero-order valence-corrected chi connectivity index (χ0v) is 33.6. The SMILES string of the molecule is c1ccc(-c2cccc(-c3cc(-c4ccc5c(c4)C4(c6ccccc6-c6ccccc6-5)c5ccccc5-c5ccccc54)nc(-c4ccc5oc6ccccc6c5c4)n3)c2)cc1. The Morgan fingerprint density at radius 3 is 1.48 bits per heavy atom. The molecule has 3 nitrogen and oxygen atoms in total. The van der Waals surface area contributed by atoms with Crippen molar-refractivity contribution in [2.75, 3.05) is 0 Å². The number of hydrogen-bond donors (Lipinski definition) is 0. The van der Waals surface area contributed by atoms with Crippen molar-refractivity contribution < 1.29 is 4.42 Å². The maximum absolute atomic E-state index is 6.25. The van der Waals surface area contributed by atoms with Crippen LogP contribution in [0.4, 0.5) is 0 Å². The van der Waals surface area contributed by atoms with E-state index in [2.05, 4.69) is 200 Å². The predicted octanol–water partition coefficient (Wildman–Crippen LogP) is 15.1. The quantitative estimate of drug-likeness (QED) is 0.178. The highest BCUT2D eigenvalue weighted by atomic mass is 16.3. The fourth-order valence-electron chi connectivity index (χ4n) is 10.4. The van der Waals surface area contributed by atoms with Gasteiger partial charge in [-0.05, 0) is 109 Å². The number of benzene rings is 9. The lowest BCUT2D eigenvalue weighted by atomic mass is 9.65. The van der Waals surface area contributed by atoms with Crippen molar-refractivity contribution in [2.45, 2.75) is 5.41 Å². The highest BCUT2D eigenvalue weighted by Crippen LogP contribution is 2.61. The van der Waals surface area contributed by atoms with Crippen LogP contribution >= 0.6 is 0 Å². The van der Waals surface area contributed by atoms with Crippen LogP contribution in [-0.4, -0.2) is 9.97 Å². The van der Waals surface area contributed by atoms with Gasteiger partial charge < -0.3 is 4.42 Å². The summed E-state index contributed by atoms with van der Waals surface area (Å²) in [7, 11) is 0. The van der Waals surface area contributed by atoms with Crippen LogP contribution in [0.2, 0.25) is 0 Å². The lowest BCUT2D eigenvalue weighted by molar-refractivity contribution is 0.669. The van der Waals surface area contributed by atoms with Gasteiger partial charge in [0.05, 0.1) is 16.8 Å². The molecule has 0 saturated carbocycles. The van der Waals surface area contributed by atoms with Crippen molar-refractivity contribution in [3.8, 4) is 78.4 Å². The number of aromatic nitrogens is 2. The monoisotopic (exact) mass is 788 g/mol. The largest absolute Gasteiger partial charge is 0.456 e. The molecule has 0 aliphatic heterocycles. The Morgan fingerprint density at radius 2 is 0.790 bits per heavy atom. The summed E-state index contributed by atoms with van der Waals surface area (Å²) >= 11 is 0. The van der Waals surface area contributed by atoms with Crippen LogP contribution in [-0.2, 0) is 5.41 Å². The van der Waals surface area contributed by atoms with Crippen LogP contribution < -0.4 is 0 Å². The van der Waals surface area contributed by atoms with Crippen LogP contribution in [0, 0.1) is 0 Å². The van der Waals surface area contributed by atoms with Crippen molar-refractivity contribution in [1.82, 2.24) is 9.97 Å². The topological polar surface area (TPSA) is 38.9 Å². The van der Waals surface area contributed by atoms with Gasteiger partial charge in [0.1, 0.15) is 11.2 Å². The molecule has 0 unspecified atom stereocenters. The van der Waals surface area contributed by atoms with Gasteiger partial charge in [0, 0.05) is 27.5 Å². The van der Waals surface area contributed by atoms with Crippen molar-refractivity contribution in [3.63, 3.8) is 0 Å². The molecule has 0 radical (unpaired) electrons. The first-order valence-electron chi connectivity index (χ1n) is 21.2. The Bertz CT molecular complexity index is 3550. The molecule has 3 heteroatoms. The molecule has 0 N–H and O–H groups in total. The molecule has 0 amide bonds. The van der Waals surface area contributed by atoms with E-state index in [0.29, 0.717) is 5.82 Å². The van der Waals surface area contributed by atoms with Crippen LogP contribution in [0.15, 0.2) is 223 Å². The Hall–Kier alpha value is -8.14. The van der Waals surface area contributed by atoms with E-state index < -0.39 is 5.41 Å². The number of hydrogen-bond acceptors (Lipinski definition) is 3. The molecule has 11 aromatic rings. The van der Waals surface area contributed by atoms with Crippen molar-refractivity contribution in [2.24, 2.45) is 0 Å². The molecule has 2 aromatic heterocycles. The number of furan rings is 1. The van der Waals surface area contributed by atoms with Crippen molar-refractivity contribution in [1.29, 1.82) is 0 Å². The Morgan fingerprint density at radius 1 is 0.290 bits per heavy atom. The van der Waals surface area contributed by atoms with Gasteiger partial charge in [0.15, 0.2) is 5.82 Å². The third-order valence-electron chi connectivity index (χ3n) is 13.1. The van der Waals surface area contributed by atoms with Crippen LogP contribution in [0.5, 0.6) is 0 Å². The summed E-state index contributed by atoms with van der Waals surface area (Å²) in [4.78, 5) is 10.8. The molecule has 0 atom stereocenters. The minimum absolute atomic E-state index is 0.593. The van der Waals surface area contributed by atoms with E-state index in [-0.39, 0.29) is 0 Å². The van der Waals surface area contributed by atoms with Crippen molar-refractivity contribution >= 4 is 21.9 Å². The number of fused-ring (bicyclic) bond motifs is 15. The molecule has 2 aliphatic carbocycles. The fraction of sp³-hybridized carbons (Fsp3) is 0.0169. The molecule has 288 valence electrons. The average molecular weight is 789 g/mol. The summed E-state index contributed by atoms with van der Waals surface area (Å²) in [6.45, 7) is 0. The van der Waals surface area contributed by atoms with E-state index in [0.717, 1.165) is 61.1 Å². The standard InChI is InChI=1S/C59H36N2O/c1-2-15-37(16-3-1)38-17-14-18-39(33-38)54-36-55(61-58(60-54)41-30-32-57-49(34-41)48-24-9-13-28-56(48)62-57)40-29-31-47-43-20-5-4-19-42(43)44-21-6-10-25-50(44)59(53(47)35-40)51-26-11-7-22-45(51)46-23-8-12-27-52(46)59/h1-36H. The zero-order chi connectivity index (χ0) is 40.8. The van der Waals surface area contributed by atoms with Gasteiger partial charge in [0.25, 0.3) is 0 Å². The maximum atomic E-state index is 6.25. The van der Waals surface area contributed by atoms with E-state index >= 15 is 0 Å². The minimum atomic E-state index is -0.593. The summed E-state index contributed by atoms with van der Waals surface area (Å²) < 4.78 is 6.25. The van der Waals surface area contributed by atoms with E-state index in [9.17, 15) is 0 Å². The smallest absolute Gasteiger partial charge is 0.160 e. The van der Waals surface area contributed by atoms with Gasteiger partial charge >= 0.3 is 0 Å². The Kier molecular flexibility index (Phi) is 7.52. The normalized spacial score (nSPS) is 13.0. The summed E-state index contributed by atoms with van der Waals surface area (Å²) in [6.07, 6.45) is 0. The fourth-order valence-corrected chi connectivity index (χ4v) is 10.4. The average Bonchev–Trinajstić information content (AvgIpc) is 3.84. The van der Waals surface area contributed by atoms with Crippen LogP contribution in [0.25, 0.3) is 100 Å². The second kappa shape index (κ2) is 13.4. The summed E-state index contributed by atoms with van der Waals surface area (Å²) in [5.41, 5.74) is 20.7. The predicted molar refractivity (Wildman–Crippen MR) is 253 cm³/mol. The minimum Gasteiger partial charge on any atom is -0.456 e. The molecule has 2 aliphatic rings. The highest BCUT2D eigenvalue weighted by Gasteiger charge is 2.49. The molecule has 13 rings (SSSR count). The van der Waals surface area contributed by atoms with Crippen LogP contribution in [0.3, 0.4) is 0 Å². The third kappa shape index (κ3) is 5.06. The summed E-state index contributed by atoms with van der Waals surface area (Å²) in [6, 6.07) is 78.9. The first kappa shape index (κ1) is 34.7. The van der Waals surface area contributed by atoms with Gasteiger partial charge in [-0.1, -0.05) is 176 Å². The first-order valence-corrected chi connectivity index (χ1v) is 21.2. The van der Waals surface area contributed by atoms with Gasteiger partial charge in [-0.2, -0.15) is 0 Å². The van der Waals surface area contributed by atoms with E-state index in [4.69, 9.17) is 14.4 Å². The second-order valence-electron chi connectivity index (χ2n) is 16.4. The molecule has 0 saturated heterocycles. The molecule has 9 aromatic carbocycles. The van der Waals surface area contributed by atoms with E-state index in [1.165, 1.54) is 55.6 Å². The summed E-state index contributed by atoms with van der Waals surface area (Å²) in [5, 5.41) is 2.12. The van der Waals surface area contributed by atoms with Gasteiger partial charge in [-0.25, -0.2) is 9.97 Å². The second-order valence-corrected chi connectivity index (χ2v) is 16.4. The zero-order valence-electron chi connectivity index (χ0n) is 33.6. The number of nitrogens with zero attached hydrogens (tertiary/aromatic N) is 2.